The van der Waals surface area contributed by atoms with Crippen molar-refractivity contribution in [3.63, 3.8) is 0 Å². The number of nitrogens with zero attached hydrogens (tertiary/aromatic N) is 5. The van der Waals surface area contributed by atoms with Gasteiger partial charge in [-0.1, -0.05) is 31.2 Å². The number of hydrogen-bond donors (Lipinski definition) is 2. The van der Waals surface area contributed by atoms with Gasteiger partial charge in [-0.3, -0.25) is 5.10 Å². The van der Waals surface area contributed by atoms with Gasteiger partial charge < -0.3 is 5.32 Å². The Balaban J connectivity index is 1.38. The van der Waals surface area contributed by atoms with Gasteiger partial charge in [0, 0.05) is 24.4 Å². The summed E-state index contributed by atoms with van der Waals surface area (Å²) in [5.74, 6) is -0.717. The van der Waals surface area contributed by atoms with Crippen molar-refractivity contribution in [1.82, 2.24) is 35.7 Å². The molecule has 2 aromatic heterocycles. The molecule has 0 bridgehead atoms. The fourth-order valence-corrected chi connectivity index (χ4v) is 5.17. The van der Waals surface area contributed by atoms with E-state index < -0.39 is 5.92 Å². The molecule has 3 aromatic rings. The number of aromatic amines is 1. The van der Waals surface area contributed by atoms with Crippen LogP contribution in [0.2, 0.25) is 0 Å². The van der Waals surface area contributed by atoms with Crippen LogP contribution in [-0.4, -0.2) is 42.4 Å². The zero-order valence-electron chi connectivity index (χ0n) is 18.7. The van der Waals surface area contributed by atoms with Crippen LogP contribution in [0.3, 0.4) is 0 Å². The number of benzene rings is 1. The second-order valence-electron chi connectivity index (χ2n) is 9.95. The first kappa shape index (κ1) is 20.9. The third-order valence-electron chi connectivity index (χ3n) is 7.44. The number of alkyl halides is 2. The van der Waals surface area contributed by atoms with Crippen LogP contribution in [-0.2, 0) is 6.42 Å². The van der Waals surface area contributed by atoms with Gasteiger partial charge in [0.2, 0.25) is 0 Å². The molecule has 3 saturated carbocycles. The van der Waals surface area contributed by atoms with Gasteiger partial charge in [-0.2, -0.15) is 5.10 Å². The van der Waals surface area contributed by atoms with E-state index in [9.17, 15) is 8.78 Å². The first-order valence-electron chi connectivity index (χ1n) is 12.1. The molecular formula is C24H29F2N7. The molecule has 3 aliphatic rings. The Bertz CT molecular complexity index is 1090. The van der Waals surface area contributed by atoms with E-state index >= 15 is 0 Å². The highest BCUT2D eigenvalue weighted by Gasteiger charge is 2.49. The maximum atomic E-state index is 13.7. The van der Waals surface area contributed by atoms with E-state index in [1.807, 2.05) is 6.20 Å². The summed E-state index contributed by atoms with van der Waals surface area (Å²) in [4.78, 5) is 0. The quantitative estimate of drug-likeness (QED) is 0.500. The van der Waals surface area contributed by atoms with E-state index in [2.05, 4.69) is 62.2 Å². The number of rotatable bonds is 9. The predicted octanol–water partition coefficient (Wildman–Crippen LogP) is 4.46. The maximum Gasteiger partial charge on any atom is 0.252 e. The summed E-state index contributed by atoms with van der Waals surface area (Å²) in [6, 6.07) is 8.13. The number of tetrazole rings is 1. The van der Waals surface area contributed by atoms with E-state index in [1.165, 1.54) is 31.2 Å². The number of aryl methyl sites for hydroxylation is 1. The Morgan fingerprint density at radius 1 is 1.12 bits per heavy atom. The van der Waals surface area contributed by atoms with Crippen molar-refractivity contribution in [2.24, 2.45) is 11.8 Å². The summed E-state index contributed by atoms with van der Waals surface area (Å²) < 4.78 is 28.9. The van der Waals surface area contributed by atoms with Crippen LogP contribution >= 0.6 is 0 Å². The summed E-state index contributed by atoms with van der Waals surface area (Å²) in [5.41, 5.74) is 4.17. The fraction of sp³-hybridized carbons (Fsp3) is 0.583. The monoisotopic (exact) mass is 453 g/mol. The second kappa shape index (κ2) is 7.97. The molecule has 174 valence electrons. The highest BCUT2D eigenvalue weighted by molar-refractivity contribution is 5.64. The van der Waals surface area contributed by atoms with Crippen LogP contribution in [0.1, 0.15) is 74.5 Å². The highest BCUT2D eigenvalue weighted by atomic mass is 19.3. The lowest BCUT2D eigenvalue weighted by Crippen LogP contribution is -2.41. The van der Waals surface area contributed by atoms with Crippen LogP contribution in [0, 0.1) is 11.8 Å². The molecule has 2 heterocycles. The minimum atomic E-state index is -2.64. The lowest BCUT2D eigenvalue weighted by molar-refractivity contribution is -0.108. The molecule has 1 aromatic carbocycles. The Kier molecular flexibility index (Phi) is 5.05. The molecule has 0 saturated heterocycles. The number of halogens is 2. The Hall–Kier alpha value is -2.68. The molecule has 0 spiro atoms. The molecule has 6 rings (SSSR count). The smallest absolute Gasteiger partial charge is 0.252 e. The van der Waals surface area contributed by atoms with Crippen LogP contribution in [0.25, 0.3) is 11.3 Å². The lowest BCUT2D eigenvalue weighted by atomic mass is 9.88. The molecule has 0 radical (unpaired) electrons. The van der Waals surface area contributed by atoms with Gasteiger partial charge in [0.1, 0.15) is 0 Å². The highest BCUT2D eigenvalue weighted by Crippen LogP contribution is 2.48. The van der Waals surface area contributed by atoms with Gasteiger partial charge in [-0.05, 0) is 65.5 Å². The van der Waals surface area contributed by atoms with Crippen molar-refractivity contribution in [3.8, 4) is 11.3 Å². The van der Waals surface area contributed by atoms with Crippen LogP contribution < -0.4 is 5.32 Å². The Morgan fingerprint density at radius 2 is 1.82 bits per heavy atom. The molecule has 0 amide bonds. The summed E-state index contributed by atoms with van der Waals surface area (Å²) in [7, 11) is 0. The van der Waals surface area contributed by atoms with Crippen LogP contribution in [0.15, 0.2) is 30.5 Å². The van der Waals surface area contributed by atoms with E-state index in [0.29, 0.717) is 23.7 Å². The van der Waals surface area contributed by atoms with Crippen molar-refractivity contribution in [1.29, 1.82) is 0 Å². The molecular weight excluding hydrogens is 424 g/mol. The average molecular weight is 454 g/mol. The summed E-state index contributed by atoms with van der Waals surface area (Å²) in [6.07, 6.45) is 7.30. The number of hydrogen-bond acceptors (Lipinski definition) is 5. The fourth-order valence-electron chi connectivity index (χ4n) is 5.17. The summed E-state index contributed by atoms with van der Waals surface area (Å²) in [6.45, 7) is 2.14. The molecule has 3 fully saturated rings. The molecule has 7 nitrogen and oxygen atoms in total. The minimum absolute atomic E-state index is 0.219. The normalized spacial score (nSPS) is 21.3. The van der Waals surface area contributed by atoms with Gasteiger partial charge >= 0.3 is 0 Å². The van der Waals surface area contributed by atoms with Crippen LogP contribution in [0.4, 0.5) is 8.78 Å². The number of aromatic nitrogens is 6. The molecule has 33 heavy (non-hydrogen) atoms. The van der Waals surface area contributed by atoms with E-state index in [-0.39, 0.29) is 24.9 Å². The first-order chi connectivity index (χ1) is 16.0. The minimum Gasteiger partial charge on any atom is -0.300 e. The Morgan fingerprint density at radius 3 is 2.42 bits per heavy atom. The molecule has 2 N–H and O–H groups in total. The number of nitrogens with one attached hydrogen (secondary N) is 2. The van der Waals surface area contributed by atoms with Gasteiger partial charge in [0.15, 0.2) is 5.82 Å². The summed E-state index contributed by atoms with van der Waals surface area (Å²) >= 11 is 0. The zero-order chi connectivity index (χ0) is 22.6. The standard InChI is InChI=1S/C24H29F2N7/c1-2-14-3-5-17(6-4-14)21-19(13-27-29-21)22(28-20(15-7-8-15)16-9-10-16)23-30-31-32-33(23)18-11-24(25,26)12-18/h3-6,13,15-16,18,20,22,28H,2,7-12H2,1H3,(H,27,29). The summed E-state index contributed by atoms with van der Waals surface area (Å²) in [5, 5.41) is 23.8. The van der Waals surface area contributed by atoms with Crippen molar-refractivity contribution >= 4 is 0 Å². The van der Waals surface area contributed by atoms with E-state index in [0.717, 1.165) is 23.2 Å². The Labute approximate surface area is 191 Å². The topological polar surface area (TPSA) is 84.3 Å². The van der Waals surface area contributed by atoms with E-state index in [1.54, 1.807) is 4.68 Å². The van der Waals surface area contributed by atoms with Crippen molar-refractivity contribution in [3.05, 3.63) is 47.4 Å². The van der Waals surface area contributed by atoms with Crippen molar-refractivity contribution in [2.75, 3.05) is 0 Å². The zero-order valence-corrected chi connectivity index (χ0v) is 18.7. The van der Waals surface area contributed by atoms with Gasteiger partial charge in [0.05, 0.1) is 24.0 Å². The van der Waals surface area contributed by atoms with Gasteiger partial charge in [-0.15, -0.1) is 5.10 Å². The van der Waals surface area contributed by atoms with Gasteiger partial charge in [-0.25, -0.2) is 13.5 Å². The third-order valence-corrected chi connectivity index (χ3v) is 7.44. The van der Waals surface area contributed by atoms with Crippen molar-refractivity contribution < 1.29 is 8.78 Å². The van der Waals surface area contributed by atoms with E-state index in [4.69, 9.17) is 0 Å². The largest absolute Gasteiger partial charge is 0.300 e. The van der Waals surface area contributed by atoms with Crippen molar-refractivity contribution in [2.45, 2.75) is 75.9 Å². The number of H-pyrrole nitrogens is 1. The predicted molar refractivity (Wildman–Crippen MR) is 119 cm³/mol. The first-order valence-corrected chi connectivity index (χ1v) is 12.1. The molecule has 0 aliphatic heterocycles. The molecule has 1 unspecified atom stereocenters. The average Bonchev–Trinajstić information content (AvgIpc) is 3.72. The molecule has 3 aliphatic carbocycles. The van der Waals surface area contributed by atoms with Gasteiger partial charge in [0.25, 0.3) is 5.92 Å². The second-order valence-corrected chi connectivity index (χ2v) is 9.95. The SMILES string of the molecule is CCc1ccc(-c2[nH]ncc2C(NC(C2CC2)C2CC2)c2nnnn2C2CC(F)(F)C2)cc1. The molecule has 1 atom stereocenters. The molecule has 9 heteroatoms. The lowest BCUT2D eigenvalue weighted by Gasteiger charge is -2.36. The third kappa shape index (κ3) is 4.07. The maximum absolute atomic E-state index is 13.7. The van der Waals surface area contributed by atoms with Crippen LogP contribution in [0.5, 0.6) is 0 Å².